The van der Waals surface area contributed by atoms with Gasteiger partial charge >= 0.3 is 6.01 Å². The van der Waals surface area contributed by atoms with E-state index in [9.17, 15) is 8.42 Å². The molecule has 2 aromatic carbocycles. The molecule has 4 aliphatic heterocycles. The van der Waals surface area contributed by atoms with Crippen molar-refractivity contribution < 1.29 is 13.2 Å². The predicted octanol–water partition coefficient (Wildman–Crippen LogP) is 3.63. The lowest BCUT2D eigenvalue weighted by Crippen LogP contribution is -2.43. The molecule has 45 heavy (non-hydrogen) atoms. The second kappa shape index (κ2) is 11.0. The van der Waals surface area contributed by atoms with Crippen LogP contribution >= 0.6 is 0 Å². The SMILES string of the molecule is CCc1cccc2cccc(N3CCc4c(nc(OCC56CCCN5CCC6)nc4N4CCn5ncc(S(N)(=O)=O)c5C4)C3)c12. The van der Waals surface area contributed by atoms with Gasteiger partial charge in [0.1, 0.15) is 17.3 Å². The van der Waals surface area contributed by atoms with Crippen molar-refractivity contribution in [3.05, 3.63) is 65.1 Å². The molecular weight excluding hydrogens is 588 g/mol. The van der Waals surface area contributed by atoms with E-state index >= 15 is 0 Å². The summed E-state index contributed by atoms with van der Waals surface area (Å²) in [6.45, 7) is 8.06. The number of nitrogens with two attached hydrogens (primary N) is 1. The van der Waals surface area contributed by atoms with Crippen LogP contribution in [0.1, 0.15) is 55.1 Å². The third-order valence-corrected chi connectivity index (χ3v) is 11.4. The zero-order valence-electron chi connectivity index (χ0n) is 25.8. The van der Waals surface area contributed by atoms with Gasteiger partial charge in [-0.05, 0) is 68.6 Å². The lowest BCUT2D eigenvalue weighted by molar-refractivity contribution is 0.107. The molecular formula is C33H40N8O3S. The Morgan fingerprint density at radius 2 is 1.76 bits per heavy atom. The molecule has 4 aliphatic rings. The van der Waals surface area contributed by atoms with Gasteiger partial charge in [0, 0.05) is 29.7 Å². The van der Waals surface area contributed by atoms with Gasteiger partial charge in [-0.2, -0.15) is 15.1 Å². The Labute approximate surface area is 264 Å². The molecule has 6 heterocycles. The van der Waals surface area contributed by atoms with E-state index < -0.39 is 10.0 Å². The summed E-state index contributed by atoms with van der Waals surface area (Å²) in [5, 5.41) is 12.4. The first-order valence-corrected chi connectivity index (χ1v) is 17.7. The maximum absolute atomic E-state index is 12.4. The van der Waals surface area contributed by atoms with Crippen molar-refractivity contribution >= 4 is 32.3 Å². The summed E-state index contributed by atoms with van der Waals surface area (Å²) in [5.41, 5.74) is 5.29. The van der Waals surface area contributed by atoms with Crippen LogP contribution in [0.5, 0.6) is 6.01 Å². The van der Waals surface area contributed by atoms with Crippen LogP contribution in [0.4, 0.5) is 11.5 Å². The smallest absolute Gasteiger partial charge is 0.318 e. The fourth-order valence-corrected chi connectivity index (χ4v) is 8.87. The maximum atomic E-state index is 12.4. The lowest BCUT2D eigenvalue weighted by Gasteiger charge is -2.36. The molecule has 2 saturated heterocycles. The van der Waals surface area contributed by atoms with E-state index in [0.717, 1.165) is 62.4 Å². The number of aryl methyl sites for hydroxylation is 1. The quantitative estimate of drug-likeness (QED) is 0.327. The van der Waals surface area contributed by atoms with Gasteiger partial charge in [0.2, 0.25) is 10.0 Å². The zero-order valence-corrected chi connectivity index (χ0v) is 26.6. The highest BCUT2D eigenvalue weighted by molar-refractivity contribution is 7.89. The summed E-state index contributed by atoms with van der Waals surface area (Å²) in [7, 11) is -3.90. The first-order valence-electron chi connectivity index (χ1n) is 16.2. The van der Waals surface area contributed by atoms with Gasteiger partial charge in [-0.3, -0.25) is 9.58 Å². The van der Waals surface area contributed by atoms with Crippen molar-refractivity contribution in [3.8, 4) is 6.01 Å². The van der Waals surface area contributed by atoms with Crippen LogP contribution in [-0.4, -0.2) is 71.4 Å². The van der Waals surface area contributed by atoms with Crippen molar-refractivity contribution in [2.45, 2.75) is 75.5 Å². The Kier molecular flexibility index (Phi) is 6.99. The number of fused-ring (bicyclic) bond motifs is 4. The zero-order chi connectivity index (χ0) is 30.8. The van der Waals surface area contributed by atoms with E-state index in [1.165, 1.54) is 41.1 Å². The number of ether oxygens (including phenoxy) is 1. The first kappa shape index (κ1) is 28.7. The van der Waals surface area contributed by atoms with Gasteiger partial charge in [-0.15, -0.1) is 0 Å². The fraction of sp³-hybridized carbons (Fsp3) is 0.485. The van der Waals surface area contributed by atoms with Gasteiger partial charge in [0.25, 0.3) is 0 Å². The van der Waals surface area contributed by atoms with Crippen molar-refractivity contribution in [1.29, 1.82) is 0 Å². The van der Waals surface area contributed by atoms with E-state index in [0.29, 0.717) is 44.5 Å². The maximum Gasteiger partial charge on any atom is 0.318 e. The molecule has 8 rings (SSSR count). The third kappa shape index (κ3) is 4.94. The van der Waals surface area contributed by atoms with Crippen LogP contribution < -0.4 is 19.7 Å². The molecule has 0 amide bonds. The first-order chi connectivity index (χ1) is 21.8. The number of rotatable bonds is 7. The summed E-state index contributed by atoms with van der Waals surface area (Å²) in [6.07, 6.45) is 7.79. The molecule has 0 bridgehead atoms. The standard InChI is InChI=1S/C33H40N8O3S/c1-2-23-7-3-8-24-9-4-10-27(30(23)24)38-16-11-25-26(20-38)36-32(44-22-33-12-5-14-40(33)15-6-13-33)37-31(25)39-17-18-41-28(21-39)29(19-35-41)45(34,42)43/h3-4,7-10,19H,2,5-6,11-18,20-22H2,1H3,(H2,34,42,43). The molecule has 11 nitrogen and oxygen atoms in total. The highest BCUT2D eigenvalue weighted by atomic mass is 32.2. The van der Waals surface area contributed by atoms with Crippen LogP contribution in [0, 0.1) is 0 Å². The summed E-state index contributed by atoms with van der Waals surface area (Å²) >= 11 is 0. The largest absolute Gasteiger partial charge is 0.461 e. The third-order valence-electron chi connectivity index (χ3n) is 10.4. The average Bonchev–Trinajstić information content (AvgIpc) is 3.76. The van der Waals surface area contributed by atoms with Gasteiger partial charge in [0.05, 0.1) is 42.8 Å². The van der Waals surface area contributed by atoms with Gasteiger partial charge in [-0.25, -0.2) is 13.6 Å². The Morgan fingerprint density at radius 3 is 2.53 bits per heavy atom. The topological polar surface area (TPSA) is 123 Å². The van der Waals surface area contributed by atoms with Crippen molar-refractivity contribution in [2.24, 2.45) is 5.14 Å². The van der Waals surface area contributed by atoms with Crippen LogP contribution in [-0.2, 0) is 42.5 Å². The molecule has 0 radical (unpaired) electrons. The number of anilines is 2. The van der Waals surface area contributed by atoms with Crippen LogP contribution in [0.3, 0.4) is 0 Å². The lowest BCUT2D eigenvalue weighted by atomic mass is 9.95. The van der Waals surface area contributed by atoms with Gasteiger partial charge in [-0.1, -0.05) is 37.3 Å². The number of aromatic nitrogens is 4. The number of hydrogen-bond acceptors (Lipinski definition) is 9. The van der Waals surface area contributed by atoms with E-state index in [-0.39, 0.29) is 10.4 Å². The number of hydrogen-bond donors (Lipinski definition) is 1. The summed E-state index contributed by atoms with van der Waals surface area (Å²) < 4.78 is 33.0. The Bertz CT molecular complexity index is 1880. The number of benzene rings is 2. The van der Waals surface area contributed by atoms with Gasteiger partial charge in [0.15, 0.2) is 0 Å². The van der Waals surface area contributed by atoms with Crippen LogP contribution in [0.2, 0.25) is 0 Å². The average molecular weight is 629 g/mol. The van der Waals surface area contributed by atoms with Crippen LogP contribution in [0.25, 0.3) is 10.8 Å². The summed E-state index contributed by atoms with van der Waals surface area (Å²) in [4.78, 5) is 17.4. The van der Waals surface area contributed by atoms with Crippen LogP contribution in [0.15, 0.2) is 47.5 Å². The normalized spacial score (nSPS) is 19.5. The molecule has 0 saturated carbocycles. The molecule has 0 atom stereocenters. The molecule has 236 valence electrons. The Morgan fingerprint density at radius 1 is 0.956 bits per heavy atom. The molecule has 2 N–H and O–H groups in total. The predicted molar refractivity (Wildman–Crippen MR) is 173 cm³/mol. The molecule has 0 aliphatic carbocycles. The van der Waals surface area contributed by atoms with E-state index in [1.54, 1.807) is 4.68 Å². The monoisotopic (exact) mass is 628 g/mol. The molecule has 2 aromatic heterocycles. The van der Waals surface area contributed by atoms with Crippen molar-refractivity contribution in [2.75, 3.05) is 42.6 Å². The molecule has 2 fully saturated rings. The van der Waals surface area contributed by atoms with E-state index in [2.05, 4.69) is 63.1 Å². The Balaban J connectivity index is 1.17. The second-order valence-corrected chi connectivity index (χ2v) is 14.5. The highest BCUT2D eigenvalue weighted by Gasteiger charge is 2.45. The second-order valence-electron chi connectivity index (χ2n) is 12.9. The number of primary sulfonamides is 1. The van der Waals surface area contributed by atoms with Crippen molar-refractivity contribution in [3.63, 3.8) is 0 Å². The van der Waals surface area contributed by atoms with E-state index in [4.69, 9.17) is 19.8 Å². The minimum absolute atomic E-state index is 0.0714. The Hall–Kier alpha value is -3.74. The highest BCUT2D eigenvalue weighted by Crippen LogP contribution is 2.40. The number of sulfonamides is 1. The summed E-state index contributed by atoms with van der Waals surface area (Å²) in [5.74, 6) is 0.821. The molecule has 0 unspecified atom stereocenters. The minimum Gasteiger partial charge on any atom is -0.461 e. The minimum atomic E-state index is -3.90. The van der Waals surface area contributed by atoms with E-state index in [1.807, 2.05) is 0 Å². The molecule has 4 aromatic rings. The van der Waals surface area contributed by atoms with Crippen molar-refractivity contribution in [1.82, 2.24) is 24.6 Å². The molecule has 0 spiro atoms. The number of nitrogens with zero attached hydrogens (tertiary/aromatic N) is 7. The van der Waals surface area contributed by atoms with Gasteiger partial charge < -0.3 is 14.5 Å². The fourth-order valence-electron chi connectivity index (χ4n) is 8.18. The molecule has 12 heteroatoms. The summed E-state index contributed by atoms with van der Waals surface area (Å²) in [6, 6.07) is 13.5.